The minimum absolute atomic E-state index is 0.0298. The van der Waals surface area contributed by atoms with Crippen molar-refractivity contribution in [2.75, 3.05) is 0 Å². The summed E-state index contributed by atoms with van der Waals surface area (Å²) in [7, 11) is 1.95. The van der Waals surface area contributed by atoms with Crippen LogP contribution in [0.2, 0.25) is 0 Å². The summed E-state index contributed by atoms with van der Waals surface area (Å²) in [6.45, 7) is 0.568. The lowest BCUT2D eigenvalue weighted by Gasteiger charge is -2.13. The average molecular weight is 385 g/mol. The van der Waals surface area contributed by atoms with Gasteiger partial charge in [-0.1, -0.05) is 30.3 Å². The lowest BCUT2D eigenvalue weighted by Crippen LogP contribution is -2.23. The summed E-state index contributed by atoms with van der Waals surface area (Å²) in [4.78, 5) is 32.9. The first kappa shape index (κ1) is 19.2. The molecule has 27 heavy (non-hydrogen) atoms. The Balaban J connectivity index is 1.81. The van der Waals surface area contributed by atoms with Gasteiger partial charge < -0.3 is 10.3 Å². The van der Waals surface area contributed by atoms with Gasteiger partial charge in [-0.3, -0.25) is 14.2 Å². The Hall–Kier alpha value is -2.61. The van der Waals surface area contributed by atoms with Gasteiger partial charge in [0, 0.05) is 32.4 Å². The molecule has 3 rings (SSSR count). The van der Waals surface area contributed by atoms with Crippen LogP contribution >= 0.6 is 11.8 Å². The van der Waals surface area contributed by atoms with Gasteiger partial charge in [0.1, 0.15) is 5.82 Å². The number of fused-ring (bicyclic) bond motifs is 1. The van der Waals surface area contributed by atoms with Crippen LogP contribution in [0.15, 0.2) is 46.6 Å². The highest BCUT2D eigenvalue weighted by atomic mass is 32.2. The standard InChI is InChI=1S/C19H23N5O2S/c1-23-12-10-21-17(23)13-27-19-22-15-8-5-4-7-14(15)18(26)24(19)11-6-2-3-9-16(20)25/h4-5,7-8,10,12H,2-3,6,9,11,13H2,1H3,(H2,20,25). The van der Waals surface area contributed by atoms with E-state index in [4.69, 9.17) is 10.7 Å². The summed E-state index contributed by atoms with van der Waals surface area (Å²) in [5.41, 5.74) is 5.85. The summed E-state index contributed by atoms with van der Waals surface area (Å²) in [5, 5.41) is 1.31. The van der Waals surface area contributed by atoms with E-state index in [-0.39, 0.29) is 11.5 Å². The lowest BCUT2D eigenvalue weighted by atomic mass is 10.2. The molecule has 0 radical (unpaired) electrons. The van der Waals surface area contributed by atoms with Gasteiger partial charge in [0.05, 0.1) is 16.7 Å². The number of carbonyl (C=O) groups excluding carboxylic acids is 1. The molecule has 2 aromatic heterocycles. The van der Waals surface area contributed by atoms with Gasteiger partial charge in [0.15, 0.2) is 5.16 Å². The van der Waals surface area contributed by atoms with Crippen molar-refractivity contribution in [1.29, 1.82) is 0 Å². The molecule has 0 saturated heterocycles. The minimum atomic E-state index is -0.286. The van der Waals surface area contributed by atoms with Gasteiger partial charge in [-0.15, -0.1) is 0 Å². The molecule has 8 heteroatoms. The molecule has 0 fully saturated rings. The zero-order valence-corrected chi connectivity index (χ0v) is 16.1. The number of nitrogens with zero attached hydrogens (tertiary/aromatic N) is 4. The molecule has 3 aromatic rings. The highest BCUT2D eigenvalue weighted by Crippen LogP contribution is 2.22. The first-order valence-corrected chi connectivity index (χ1v) is 9.91. The third-order valence-electron chi connectivity index (χ3n) is 4.38. The number of imidazole rings is 1. The van der Waals surface area contributed by atoms with Crippen molar-refractivity contribution in [3.8, 4) is 0 Å². The Bertz CT molecular complexity index is 995. The fraction of sp³-hybridized carbons (Fsp3) is 0.368. The van der Waals surface area contributed by atoms with Crippen molar-refractivity contribution in [1.82, 2.24) is 19.1 Å². The number of primary amides is 1. The van der Waals surface area contributed by atoms with Gasteiger partial charge in [0.2, 0.25) is 5.91 Å². The Morgan fingerprint density at radius 1 is 1.22 bits per heavy atom. The van der Waals surface area contributed by atoms with Crippen molar-refractivity contribution in [3.63, 3.8) is 0 Å². The molecule has 0 bridgehead atoms. The number of hydrogen-bond acceptors (Lipinski definition) is 5. The van der Waals surface area contributed by atoms with E-state index in [1.807, 2.05) is 36.0 Å². The number of carbonyl (C=O) groups is 1. The van der Waals surface area contributed by atoms with Crippen LogP contribution in [0.5, 0.6) is 0 Å². The number of rotatable bonds is 9. The van der Waals surface area contributed by atoms with Gasteiger partial charge in [-0.25, -0.2) is 9.97 Å². The second kappa shape index (κ2) is 8.85. The number of unbranched alkanes of at least 4 members (excludes halogenated alkanes) is 2. The van der Waals surface area contributed by atoms with E-state index >= 15 is 0 Å². The van der Waals surface area contributed by atoms with E-state index in [2.05, 4.69) is 4.98 Å². The number of nitrogens with two attached hydrogens (primary N) is 1. The number of thioether (sulfide) groups is 1. The van der Waals surface area contributed by atoms with Gasteiger partial charge in [0.25, 0.3) is 5.56 Å². The van der Waals surface area contributed by atoms with Crippen molar-refractivity contribution < 1.29 is 4.79 Å². The molecule has 0 atom stereocenters. The van der Waals surface area contributed by atoms with Crippen LogP contribution in [-0.2, 0) is 24.1 Å². The number of benzene rings is 1. The van der Waals surface area contributed by atoms with Gasteiger partial charge in [-0.05, 0) is 25.0 Å². The number of aromatic nitrogens is 4. The molecule has 0 aliphatic carbocycles. The predicted octanol–water partition coefficient (Wildman–Crippen LogP) is 2.47. The molecule has 0 spiro atoms. The van der Waals surface area contributed by atoms with E-state index in [0.29, 0.717) is 34.8 Å². The third kappa shape index (κ3) is 4.77. The molecule has 2 heterocycles. The number of aryl methyl sites for hydroxylation is 1. The van der Waals surface area contributed by atoms with Crippen molar-refractivity contribution in [3.05, 3.63) is 52.8 Å². The second-order valence-corrected chi connectivity index (χ2v) is 7.33. The second-order valence-electron chi connectivity index (χ2n) is 6.39. The van der Waals surface area contributed by atoms with E-state index in [1.54, 1.807) is 16.8 Å². The third-order valence-corrected chi connectivity index (χ3v) is 5.36. The Morgan fingerprint density at radius 3 is 2.78 bits per heavy atom. The molecular formula is C19H23N5O2S. The number of amides is 1. The minimum Gasteiger partial charge on any atom is -0.370 e. The average Bonchev–Trinajstić information content (AvgIpc) is 3.06. The van der Waals surface area contributed by atoms with Crippen molar-refractivity contribution in [2.24, 2.45) is 12.8 Å². The van der Waals surface area contributed by atoms with Crippen LogP contribution in [-0.4, -0.2) is 25.0 Å². The summed E-state index contributed by atoms with van der Waals surface area (Å²) < 4.78 is 3.69. The Labute approximate surface area is 161 Å². The zero-order chi connectivity index (χ0) is 19.2. The Morgan fingerprint density at radius 2 is 2.04 bits per heavy atom. The topological polar surface area (TPSA) is 95.8 Å². The molecule has 2 N–H and O–H groups in total. The van der Waals surface area contributed by atoms with E-state index in [9.17, 15) is 9.59 Å². The maximum absolute atomic E-state index is 13.0. The maximum Gasteiger partial charge on any atom is 0.262 e. The first-order valence-electron chi connectivity index (χ1n) is 8.93. The van der Waals surface area contributed by atoms with Gasteiger partial charge in [-0.2, -0.15) is 0 Å². The fourth-order valence-electron chi connectivity index (χ4n) is 2.87. The highest BCUT2D eigenvalue weighted by Gasteiger charge is 2.12. The van der Waals surface area contributed by atoms with Gasteiger partial charge >= 0.3 is 0 Å². The van der Waals surface area contributed by atoms with Crippen LogP contribution in [0, 0.1) is 0 Å². The van der Waals surface area contributed by atoms with Crippen LogP contribution in [0.1, 0.15) is 31.5 Å². The van der Waals surface area contributed by atoms with E-state index in [0.717, 1.165) is 25.1 Å². The largest absolute Gasteiger partial charge is 0.370 e. The summed E-state index contributed by atoms with van der Waals surface area (Å²) >= 11 is 1.51. The fourth-order valence-corrected chi connectivity index (χ4v) is 3.89. The summed E-state index contributed by atoms with van der Waals surface area (Å²) in [5.74, 6) is 1.27. The zero-order valence-electron chi connectivity index (χ0n) is 15.3. The van der Waals surface area contributed by atoms with Crippen LogP contribution in [0.3, 0.4) is 0 Å². The lowest BCUT2D eigenvalue weighted by molar-refractivity contribution is -0.118. The quantitative estimate of drug-likeness (QED) is 0.347. The van der Waals surface area contributed by atoms with Crippen molar-refractivity contribution in [2.45, 2.75) is 43.1 Å². The molecule has 0 unspecified atom stereocenters. The van der Waals surface area contributed by atoms with Crippen molar-refractivity contribution >= 4 is 28.6 Å². The molecular weight excluding hydrogens is 362 g/mol. The van der Waals surface area contributed by atoms with Crippen LogP contribution in [0.4, 0.5) is 0 Å². The monoisotopic (exact) mass is 385 g/mol. The summed E-state index contributed by atoms with van der Waals surface area (Å²) in [6.07, 6.45) is 6.41. The summed E-state index contributed by atoms with van der Waals surface area (Å²) in [6, 6.07) is 7.40. The molecule has 0 saturated carbocycles. The number of para-hydroxylation sites is 1. The highest BCUT2D eigenvalue weighted by molar-refractivity contribution is 7.98. The maximum atomic E-state index is 13.0. The number of hydrogen-bond donors (Lipinski definition) is 1. The molecule has 0 aliphatic rings. The normalized spacial score (nSPS) is 11.1. The van der Waals surface area contributed by atoms with Crippen LogP contribution < -0.4 is 11.3 Å². The molecule has 1 aromatic carbocycles. The van der Waals surface area contributed by atoms with Crippen LogP contribution in [0.25, 0.3) is 10.9 Å². The Kier molecular flexibility index (Phi) is 6.28. The smallest absolute Gasteiger partial charge is 0.262 e. The molecule has 0 aliphatic heterocycles. The molecule has 7 nitrogen and oxygen atoms in total. The SMILES string of the molecule is Cn1ccnc1CSc1nc2ccccc2c(=O)n1CCCCCC(N)=O. The van der Waals surface area contributed by atoms with E-state index in [1.165, 1.54) is 11.8 Å². The molecule has 1 amide bonds. The first-order chi connectivity index (χ1) is 13.1. The molecule has 142 valence electrons. The predicted molar refractivity (Wildman–Crippen MR) is 106 cm³/mol. The van der Waals surface area contributed by atoms with E-state index < -0.39 is 0 Å².